The van der Waals surface area contributed by atoms with E-state index in [1.54, 1.807) is 32.9 Å². The van der Waals surface area contributed by atoms with Crippen molar-refractivity contribution < 1.29 is 58.5 Å². The molecule has 51 heavy (non-hydrogen) atoms. The Labute approximate surface area is 302 Å². The number of hydrogen-bond acceptors (Lipinski definition) is 11. The first-order chi connectivity index (χ1) is 23.8. The van der Waals surface area contributed by atoms with E-state index in [0.29, 0.717) is 18.1 Å². The van der Waals surface area contributed by atoms with Crippen molar-refractivity contribution in [3.05, 3.63) is 59.4 Å². The van der Waals surface area contributed by atoms with E-state index in [9.17, 15) is 29.7 Å². The number of aliphatic hydroxyl groups excluding tert-OH is 2. The van der Waals surface area contributed by atoms with Crippen LogP contribution in [-0.2, 0) is 38.1 Å². The van der Waals surface area contributed by atoms with E-state index in [1.165, 1.54) is 20.3 Å². The summed E-state index contributed by atoms with van der Waals surface area (Å²) in [6.07, 6.45) is 5.37. The molecule has 4 N–H and O–H groups in total. The molecule has 2 heterocycles. The zero-order valence-electron chi connectivity index (χ0n) is 31.9. The first-order valence-corrected chi connectivity index (χ1v) is 17.7. The number of aliphatic hydroxyl groups is 3. The zero-order chi connectivity index (χ0) is 38.8. The van der Waals surface area contributed by atoms with Gasteiger partial charge in [0, 0.05) is 49.4 Å². The second kappa shape index (κ2) is 19.5. The quantitative estimate of drug-likeness (QED) is 0.178. The van der Waals surface area contributed by atoms with Crippen LogP contribution in [0.2, 0.25) is 0 Å². The summed E-state index contributed by atoms with van der Waals surface area (Å²) >= 11 is 0. The molecule has 12 heteroatoms. The number of aliphatic carboxylic acids is 1. The smallest absolute Gasteiger partial charge is 0.373 e. The number of hydrogen-bond donors (Lipinski definition) is 4. The van der Waals surface area contributed by atoms with Crippen molar-refractivity contribution in [3.63, 3.8) is 0 Å². The Morgan fingerprint density at radius 1 is 1.06 bits per heavy atom. The van der Waals surface area contributed by atoms with E-state index < -0.39 is 72.2 Å². The number of carbonyl (C=O) groups is 3. The van der Waals surface area contributed by atoms with Crippen molar-refractivity contribution in [2.24, 2.45) is 35.5 Å². The molecule has 2 aliphatic rings. The molecule has 0 aromatic heterocycles. The average molecular weight is 721 g/mol. The van der Waals surface area contributed by atoms with Gasteiger partial charge in [-0.05, 0) is 38.2 Å². The molecular weight excluding hydrogens is 660 g/mol. The summed E-state index contributed by atoms with van der Waals surface area (Å²) in [4.78, 5) is 37.1. The second-order valence-electron chi connectivity index (χ2n) is 14.6. The summed E-state index contributed by atoms with van der Waals surface area (Å²) in [5, 5.41) is 43.8. The lowest BCUT2D eigenvalue weighted by molar-refractivity contribution is -0.329. The Balaban J connectivity index is 2.55. The van der Waals surface area contributed by atoms with Crippen LogP contribution >= 0.6 is 0 Å². The number of carboxylic acid groups (broad SMARTS) is 1. The fourth-order valence-electron chi connectivity index (χ4n) is 7.00. The van der Waals surface area contributed by atoms with Gasteiger partial charge in [0.25, 0.3) is 0 Å². The third kappa shape index (κ3) is 12.1. The molecule has 2 rings (SSSR count). The second-order valence-corrected chi connectivity index (χ2v) is 14.6. The predicted octanol–water partition coefficient (Wildman–Crippen LogP) is 4.88. The minimum atomic E-state index is -1.99. The van der Waals surface area contributed by atoms with Crippen molar-refractivity contribution in [2.75, 3.05) is 14.2 Å². The van der Waals surface area contributed by atoms with E-state index in [2.05, 4.69) is 0 Å². The summed E-state index contributed by atoms with van der Waals surface area (Å²) in [5.41, 5.74) is 1.70. The normalized spacial score (nSPS) is 37.1. The third-order valence-electron chi connectivity index (χ3n) is 10.1. The van der Waals surface area contributed by atoms with Gasteiger partial charge in [-0.2, -0.15) is 0 Å². The fourth-order valence-corrected chi connectivity index (χ4v) is 7.00. The van der Waals surface area contributed by atoms with Crippen LogP contribution in [0.4, 0.5) is 0 Å². The highest BCUT2D eigenvalue weighted by molar-refractivity contribution is 5.90. The highest BCUT2D eigenvalue weighted by Gasteiger charge is 2.53. The van der Waals surface area contributed by atoms with Crippen LogP contribution in [0.1, 0.15) is 75.2 Å². The lowest BCUT2D eigenvalue weighted by Gasteiger charge is -2.50. The maximum atomic E-state index is 13.6. The molecule has 0 bridgehead atoms. The monoisotopic (exact) mass is 720 g/mol. The number of rotatable bonds is 10. The van der Waals surface area contributed by atoms with Gasteiger partial charge in [0.2, 0.25) is 5.76 Å². The van der Waals surface area contributed by atoms with Gasteiger partial charge in [0.15, 0.2) is 5.79 Å². The molecule has 12 nitrogen and oxygen atoms in total. The van der Waals surface area contributed by atoms with E-state index in [1.807, 2.05) is 53.7 Å². The van der Waals surface area contributed by atoms with E-state index >= 15 is 0 Å². The molecule has 0 saturated carbocycles. The minimum Gasteiger partial charge on any atom is -0.490 e. The maximum Gasteiger partial charge on any atom is 0.373 e. The SMILES string of the molecule is CO/C1=C\C(C)=C\[C@H](C)[C@H](O)[C@H](C)C/C(C)=C/C=C/[C@H](OC)[C@H]([C@H](C)[C@H](O)[C@H](C)[C@]2(O)C[C@H](OC(=O)/C=C/C(=O)O)[C@@H](C)[C@@H](C(C)C)O2)OC1=O. The van der Waals surface area contributed by atoms with Crippen LogP contribution in [0.5, 0.6) is 0 Å². The van der Waals surface area contributed by atoms with Gasteiger partial charge in [-0.15, -0.1) is 0 Å². The van der Waals surface area contributed by atoms with Gasteiger partial charge in [-0.1, -0.05) is 83.9 Å². The van der Waals surface area contributed by atoms with Gasteiger partial charge in [0.1, 0.15) is 18.3 Å². The molecule has 12 atom stereocenters. The van der Waals surface area contributed by atoms with E-state index in [0.717, 1.165) is 11.6 Å². The number of methoxy groups -OCH3 is 2. The molecule has 1 fully saturated rings. The topological polar surface area (TPSA) is 178 Å². The molecule has 0 amide bonds. The molecule has 0 aromatic rings. The third-order valence-corrected chi connectivity index (χ3v) is 10.1. The first-order valence-electron chi connectivity index (χ1n) is 17.7. The fraction of sp³-hybridized carbons (Fsp3) is 0.667. The summed E-state index contributed by atoms with van der Waals surface area (Å²) < 4.78 is 29.1. The molecule has 0 spiro atoms. The van der Waals surface area contributed by atoms with Crippen LogP contribution in [0, 0.1) is 35.5 Å². The van der Waals surface area contributed by atoms with Gasteiger partial charge in [-0.3, -0.25) is 0 Å². The Hall–Kier alpha value is -3.29. The average Bonchev–Trinajstić information content (AvgIpc) is 3.06. The zero-order valence-corrected chi connectivity index (χ0v) is 31.9. The molecule has 0 unspecified atom stereocenters. The molecule has 0 aliphatic carbocycles. The maximum absolute atomic E-state index is 13.6. The summed E-state index contributed by atoms with van der Waals surface area (Å²) in [5.74, 6) is -7.68. The van der Waals surface area contributed by atoms with Gasteiger partial charge >= 0.3 is 17.9 Å². The van der Waals surface area contributed by atoms with Crippen molar-refractivity contribution in [3.8, 4) is 0 Å². The molecule has 0 aromatic carbocycles. The standard InChI is InChI=1S/C39H60O12/c1-21(2)36-26(7)31(49-33(42)16-15-32(40)41)20-39(46,51-36)28(9)35(44)27(8)37-29(47-10)14-12-13-22(3)17-24(5)34(43)25(6)18-23(4)19-30(48-11)38(45)50-37/h12-16,18-19,21,24-29,31,34-37,43-44,46H,17,20H2,1-11H3,(H,40,41)/b14-12+,16-15+,22-13+,23-18+,30-19-/t24-,25+,26-,27-,28+,29+,31+,34-,35+,36-,37+,39+/m1/s1. The highest BCUT2D eigenvalue weighted by Crippen LogP contribution is 2.42. The largest absolute Gasteiger partial charge is 0.490 e. The van der Waals surface area contributed by atoms with Crippen molar-refractivity contribution in [2.45, 2.75) is 118 Å². The number of carbonyl (C=O) groups excluding carboxylic acids is 2. The molecule has 2 aliphatic heterocycles. The predicted molar refractivity (Wildman–Crippen MR) is 191 cm³/mol. The van der Waals surface area contributed by atoms with Gasteiger partial charge in [-0.25, -0.2) is 14.4 Å². The Morgan fingerprint density at radius 3 is 2.27 bits per heavy atom. The lowest BCUT2D eigenvalue weighted by atomic mass is 9.76. The Bertz CT molecular complexity index is 1350. The van der Waals surface area contributed by atoms with Crippen LogP contribution in [-0.4, -0.2) is 95.0 Å². The number of esters is 2. The highest BCUT2D eigenvalue weighted by atomic mass is 16.6. The summed E-state index contributed by atoms with van der Waals surface area (Å²) in [6, 6.07) is 0. The molecular formula is C39H60O12. The van der Waals surface area contributed by atoms with Crippen molar-refractivity contribution in [1.82, 2.24) is 0 Å². The van der Waals surface area contributed by atoms with Gasteiger partial charge in [0.05, 0.1) is 25.4 Å². The number of allylic oxidation sites excluding steroid dienone is 5. The minimum absolute atomic E-state index is 0.0458. The summed E-state index contributed by atoms with van der Waals surface area (Å²) in [6.45, 7) is 16.5. The van der Waals surface area contributed by atoms with E-state index in [4.69, 9.17) is 28.8 Å². The Morgan fingerprint density at radius 2 is 1.71 bits per heavy atom. The number of carboxylic acids is 1. The van der Waals surface area contributed by atoms with Crippen LogP contribution < -0.4 is 0 Å². The first kappa shape index (κ1) is 43.9. The van der Waals surface area contributed by atoms with Crippen LogP contribution in [0.3, 0.4) is 0 Å². The molecule has 288 valence electrons. The van der Waals surface area contributed by atoms with E-state index in [-0.39, 0.29) is 35.9 Å². The van der Waals surface area contributed by atoms with Crippen LogP contribution in [0.15, 0.2) is 59.4 Å². The molecule has 1 saturated heterocycles. The lowest BCUT2D eigenvalue weighted by Crippen LogP contribution is -2.59. The van der Waals surface area contributed by atoms with Crippen molar-refractivity contribution in [1.29, 1.82) is 0 Å². The number of ether oxygens (including phenoxy) is 5. The van der Waals surface area contributed by atoms with Crippen LogP contribution in [0.25, 0.3) is 0 Å². The summed E-state index contributed by atoms with van der Waals surface area (Å²) in [7, 11) is 2.80. The molecule has 0 radical (unpaired) electrons. The van der Waals surface area contributed by atoms with Gasteiger partial charge < -0.3 is 44.1 Å². The Kier molecular flexibility index (Phi) is 16.8. The van der Waals surface area contributed by atoms with Crippen molar-refractivity contribution >= 4 is 17.9 Å². The number of cyclic esters (lactones) is 1.